The lowest BCUT2D eigenvalue weighted by atomic mass is 10.2. The van der Waals surface area contributed by atoms with Crippen LogP contribution in [0.1, 0.15) is 16.8 Å². The van der Waals surface area contributed by atoms with Gasteiger partial charge in [-0.15, -0.1) is 0 Å². The maximum absolute atomic E-state index is 12.2. The van der Waals surface area contributed by atoms with E-state index in [0.29, 0.717) is 18.9 Å². The van der Waals surface area contributed by atoms with Gasteiger partial charge in [0.05, 0.1) is 12.6 Å². The third-order valence-electron chi connectivity index (χ3n) is 3.12. The van der Waals surface area contributed by atoms with Crippen LogP contribution in [0.15, 0.2) is 35.4 Å². The van der Waals surface area contributed by atoms with Gasteiger partial charge in [-0.25, -0.2) is 4.98 Å². The van der Waals surface area contributed by atoms with Gasteiger partial charge in [-0.2, -0.15) is 0 Å². The monoisotopic (exact) mass is 259 g/mol. The molecule has 6 heteroatoms. The molecule has 0 radical (unpaired) electrons. The number of rotatable bonds is 2. The van der Waals surface area contributed by atoms with E-state index in [0.717, 1.165) is 6.42 Å². The van der Waals surface area contributed by atoms with Crippen LogP contribution in [-0.2, 0) is 4.74 Å². The zero-order valence-electron chi connectivity index (χ0n) is 10.2. The van der Waals surface area contributed by atoms with Gasteiger partial charge in [0, 0.05) is 19.0 Å². The van der Waals surface area contributed by atoms with E-state index in [2.05, 4.69) is 10.3 Å². The molecule has 19 heavy (non-hydrogen) atoms. The fraction of sp³-hybridized carbons (Fsp3) is 0.308. The molecule has 0 bridgehead atoms. The fourth-order valence-electron chi connectivity index (χ4n) is 2.09. The first kappa shape index (κ1) is 11.9. The average molecular weight is 259 g/mol. The van der Waals surface area contributed by atoms with Crippen LogP contribution >= 0.6 is 0 Å². The first-order valence-electron chi connectivity index (χ1n) is 6.11. The van der Waals surface area contributed by atoms with Gasteiger partial charge in [0.15, 0.2) is 0 Å². The van der Waals surface area contributed by atoms with E-state index < -0.39 is 5.91 Å². The molecule has 0 saturated carbocycles. The highest BCUT2D eigenvalue weighted by atomic mass is 16.5. The Kier molecular flexibility index (Phi) is 3.00. The molecule has 1 amide bonds. The SMILES string of the molecule is O=C(NC1CCOC1)c1cnc2ccccn2c1=O. The van der Waals surface area contributed by atoms with Gasteiger partial charge in [-0.1, -0.05) is 6.07 Å². The number of fused-ring (bicyclic) bond motifs is 1. The van der Waals surface area contributed by atoms with Crippen LogP contribution < -0.4 is 10.9 Å². The number of hydrogen-bond donors (Lipinski definition) is 1. The second kappa shape index (κ2) is 4.81. The maximum Gasteiger partial charge on any atom is 0.270 e. The summed E-state index contributed by atoms with van der Waals surface area (Å²) in [5.74, 6) is -0.397. The number of aromatic nitrogens is 2. The van der Waals surface area contributed by atoms with Gasteiger partial charge in [0.1, 0.15) is 11.2 Å². The molecule has 1 fully saturated rings. The van der Waals surface area contributed by atoms with Gasteiger partial charge in [-0.05, 0) is 18.6 Å². The van der Waals surface area contributed by atoms with Crippen LogP contribution in [0.2, 0.25) is 0 Å². The molecular weight excluding hydrogens is 246 g/mol. The predicted octanol–water partition coefficient (Wildman–Crippen LogP) is 0.213. The summed E-state index contributed by atoms with van der Waals surface area (Å²) in [7, 11) is 0. The van der Waals surface area contributed by atoms with Crippen molar-refractivity contribution in [1.82, 2.24) is 14.7 Å². The lowest BCUT2D eigenvalue weighted by molar-refractivity contribution is 0.0928. The first-order chi connectivity index (χ1) is 9.25. The van der Waals surface area contributed by atoms with Crippen molar-refractivity contribution >= 4 is 11.6 Å². The first-order valence-corrected chi connectivity index (χ1v) is 6.11. The van der Waals surface area contributed by atoms with Crippen LogP contribution in [0, 0.1) is 0 Å². The number of carbonyl (C=O) groups excluding carboxylic acids is 1. The van der Waals surface area contributed by atoms with Gasteiger partial charge in [0.2, 0.25) is 0 Å². The van der Waals surface area contributed by atoms with Gasteiger partial charge in [-0.3, -0.25) is 14.0 Å². The molecule has 1 aliphatic heterocycles. The summed E-state index contributed by atoms with van der Waals surface area (Å²) in [5, 5.41) is 2.78. The third-order valence-corrected chi connectivity index (χ3v) is 3.12. The minimum absolute atomic E-state index is 0.0247. The number of amides is 1. The number of carbonyl (C=O) groups is 1. The van der Waals surface area contributed by atoms with E-state index in [-0.39, 0.29) is 17.2 Å². The van der Waals surface area contributed by atoms with Crippen LogP contribution in [0.5, 0.6) is 0 Å². The van der Waals surface area contributed by atoms with Crippen LogP contribution in [-0.4, -0.2) is 34.5 Å². The molecule has 0 aromatic carbocycles. The Hall–Kier alpha value is -2.21. The predicted molar refractivity (Wildman–Crippen MR) is 68.2 cm³/mol. The topological polar surface area (TPSA) is 72.7 Å². The lowest BCUT2D eigenvalue weighted by Crippen LogP contribution is -2.38. The van der Waals surface area contributed by atoms with Crippen molar-refractivity contribution in [2.24, 2.45) is 0 Å². The molecule has 1 N–H and O–H groups in total. The van der Waals surface area contributed by atoms with Gasteiger partial charge < -0.3 is 10.1 Å². The lowest BCUT2D eigenvalue weighted by Gasteiger charge is -2.10. The maximum atomic E-state index is 12.2. The molecular formula is C13H13N3O3. The Morgan fingerprint density at radius 1 is 1.47 bits per heavy atom. The molecule has 2 aromatic rings. The highest BCUT2D eigenvalue weighted by Crippen LogP contribution is 2.04. The second-order valence-electron chi connectivity index (χ2n) is 4.44. The smallest absolute Gasteiger partial charge is 0.270 e. The molecule has 3 rings (SSSR count). The number of nitrogens with zero attached hydrogens (tertiary/aromatic N) is 2. The average Bonchev–Trinajstić information content (AvgIpc) is 2.92. The minimum atomic E-state index is -0.397. The van der Waals surface area contributed by atoms with Crippen molar-refractivity contribution in [2.45, 2.75) is 12.5 Å². The van der Waals surface area contributed by atoms with E-state index in [4.69, 9.17) is 4.74 Å². The number of nitrogens with one attached hydrogen (secondary N) is 1. The Balaban J connectivity index is 1.94. The largest absolute Gasteiger partial charge is 0.379 e. The zero-order chi connectivity index (χ0) is 13.2. The van der Waals surface area contributed by atoms with E-state index >= 15 is 0 Å². The number of pyridine rings is 1. The third kappa shape index (κ3) is 2.22. The summed E-state index contributed by atoms with van der Waals surface area (Å²) in [6.07, 6.45) is 3.69. The highest BCUT2D eigenvalue weighted by Gasteiger charge is 2.20. The normalized spacial score (nSPS) is 18.6. The quantitative estimate of drug-likeness (QED) is 0.837. The molecule has 0 aliphatic carbocycles. The Bertz CT molecular complexity index is 674. The molecule has 98 valence electrons. The summed E-state index contributed by atoms with van der Waals surface area (Å²) in [4.78, 5) is 28.3. The van der Waals surface area contributed by atoms with E-state index in [1.807, 2.05) is 0 Å². The van der Waals surface area contributed by atoms with Gasteiger partial charge in [0.25, 0.3) is 11.5 Å². The summed E-state index contributed by atoms with van der Waals surface area (Å²) in [6.45, 7) is 1.13. The van der Waals surface area contributed by atoms with E-state index in [9.17, 15) is 9.59 Å². The van der Waals surface area contributed by atoms with E-state index in [1.165, 1.54) is 10.6 Å². The Morgan fingerprint density at radius 2 is 2.37 bits per heavy atom. The van der Waals surface area contributed by atoms with Crippen molar-refractivity contribution in [3.8, 4) is 0 Å². The molecule has 2 aromatic heterocycles. The van der Waals surface area contributed by atoms with Crippen molar-refractivity contribution in [2.75, 3.05) is 13.2 Å². The van der Waals surface area contributed by atoms with Crippen molar-refractivity contribution in [3.05, 3.63) is 46.5 Å². The number of hydrogen-bond acceptors (Lipinski definition) is 4. The Labute approximate surface area is 109 Å². The molecule has 1 aliphatic rings. The summed E-state index contributed by atoms with van der Waals surface area (Å²) in [6, 6.07) is 5.21. The molecule has 1 atom stereocenters. The van der Waals surface area contributed by atoms with Crippen molar-refractivity contribution in [3.63, 3.8) is 0 Å². The minimum Gasteiger partial charge on any atom is -0.379 e. The molecule has 6 nitrogen and oxygen atoms in total. The number of ether oxygens (including phenoxy) is 1. The van der Waals surface area contributed by atoms with Crippen molar-refractivity contribution < 1.29 is 9.53 Å². The molecule has 1 saturated heterocycles. The summed E-state index contributed by atoms with van der Waals surface area (Å²) >= 11 is 0. The molecule has 0 spiro atoms. The summed E-state index contributed by atoms with van der Waals surface area (Å²) in [5.41, 5.74) is 0.214. The second-order valence-corrected chi connectivity index (χ2v) is 4.44. The van der Waals surface area contributed by atoms with E-state index in [1.54, 1.807) is 24.4 Å². The van der Waals surface area contributed by atoms with Crippen LogP contribution in [0.4, 0.5) is 0 Å². The van der Waals surface area contributed by atoms with Gasteiger partial charge >= 0.3 is 0 Å². The molecule has 1 unspecified atom stereocenters. The van der Waals surface area contributed by atoms with Crippen LogP contribution in [0.25, 0.3) is 5.65 Å². The fourth-order valence-corrected chi connectivity index (χ4v) is 2.09. The summed E-state index contributed by atoms with van der Waals surface area (Å²) < 4.78 is 6.54. The zero-order valence-corrected chi connectivity index (χ0v) is 10.2. The standard InChI is InChI=1S/C13H13N3O3/c17-12(15-9-4-6-19-8-9)10-7-14-11-3-1-2-5-16(11)13(10)18/h1-3,5,7,9H,4,6,8H2,(H,15,17). The Morgan fingerprint density at radius 3 is 3.16 bits per heavy atom. The van der Waals surface area contributed by atoms with Crippen molar-refractivity contribution in [1.29, 1.82) is 0 Å². The van der Waals surface area contributed by atoms with Crippen LogP contribution in [0.3, 0.4) is 0 Å². The highest BCUT2D eigenvalue weighted by molar-refractivity contribution is 5.93. The molecule has 3 heterocycles.